The number of aromatic nitrogens is 1. The van der Waals surface area contributed by atoms with Crippen molar-refractivity contribution in [1.29, 1.82) is 0 Å². The van der Waals surface area contributed by atoms with Crippen molar-refractivity contribution in [3.8, 4) is 0 Å². The van der Waals surface area contributed by atoms with Crippen LogP contribution in [0.5, 0.6) is 0 Å². The molecule has 0 fully saturated rings. The molecule has 15 heavy (non-hydrogen) atoms. The van der Waals surface area contributed by atoms with E-state index in [0.717, 1.165) is 0 Å². The Bertz CT molecular complexity index is 443. The van der Waals surface area contributed by atoms with Crippen LogP contribution in [-0.2, 0) is 0 Å². The Kier molecular flexibility index (Phi) is 3.00. The molecule has 0 bridgehead atoms. The third-order valence-electron chi connectivity index (χ3n) is 2.92. The number of fused-ring (bicyclic) bond motifs is 1. The summed E-state index contributed by atoms with van der Waals surface area (Å²) >= 11 is 0. The van der Waals surface area contributed by atoms with E-state index in [1.165, 1.54) is 29.3 Å². The Morgan fingerprint density at radius 2 is 2.00 bits per heavy atom. The van der Waals surface area contributed by atoms with E-state index in [4.69, 9.17) is 0 Å². The number of hydrogen-bond donors (Lipinski definition) is 0. The van der Waals surface area contributed by atoms with Gasteiger partial charge in [-0.05, 0) is 24.0 Å². The molecular formula is C14H17N. The van der Waals surface area contributed by atoms with Crippen LogP contribution in [0, 0.1) is 0 Å². The quantitative estimate of drug-likeness (QED) is 0.724. The summed E-state index contributed by atoms with van der Waals surface area (Å²) in [6.07, 6.45) is 4.34. The molecule has 0 amide bonds. The van der Waals surface area contributed by atoms with Crippen molar-refractivity contribution in [3.63, 3.8) is 0 Å². The molecule has 78 valence electrons. The minimum atomic E-state index is 0.605. The maximum atomic E-state index is 4.48. The predicted octanol–water partition coefficient (Wildman–Crippen LogP) is 4.14. The molecular weight excluding hydrogens is 182 g/mol. The van der Waals surface area contributed by atoms with Gasteiger partial charge >= 0.3 is 0 Å². The van der Waals surface area contributed by atoms with Crippen LogP contribution < -0.4 is 0 Å². The van der Waals surface area contributed by atoms with Crippen LogP contribution in [0.25, 0.3) is 10.9 Å². The predicted molar refractivity (Wildman–Crippen MR) is 65.1 cm³/mol. The Balaban J connectivity index is 2.50. The molecule has 1 aromatic heterocycles. The van der Waals surface area contributed by atoms with Crippen molar-refractivity contribution < 1.29 is 0 Å². The molecule has 0 radical (unpaired) electrons. The van der Waals surface area contributed by atoms with Gasteiger partial charge in [0, 0.05) is 11.6 Å². The van der Waals surface area contributed by atoms with Gasteiger partial charge in [-0.3, -0.25) is 4.98 Å². The SMILES string of the molecule is CCCC(C)c1cccc2cccnc12. The largest absolute Gasteiger partial charge is 0.256 e. The molecule has 1 nitrogen and oxygen atoms in total. The monoisotopic (exact) mass is 199 g/mol. The second-order valence-corrected chi connectivity index (χ2v) is 4.11. The van der Waals surface area contributed by atoms with Gasteiger partial charge in [-0.1, -0.05) is 44.5 Å². The Morgan fingerprint density at radius 3 is 2.80 bits per heavy atom. The molecule has 0 aliphatic carbocycles. The van der Waals surface area contributed by atoms with Gasteiger partial charge < -0.3 is 0 Å². The van der Waals surface area contributed by atoms with Gasteiger partial charge in [0.15, 0.2) is 0 Å². The first-order valence-electron chi connectivity index (χ1n) is 5.66. The van der Waals surface area contributed by atoms with Crippen molar-refractivity contribution in [2.75, 3.05) is 0 Å². The van der Waals surface area contributed by atoms with E-state index in [2.05, 4.69) is 43.1 Å². The Hall–Kier alpha value is -1.37. The molecule has 1 unspecified atom stereocenters. The normalized spacial score (nSPS) is 12.9. The zero-order valence-electron chi connectivity index (χ0n) is 9.40. The molecule has 1 aromatic carbocycles. The van der Waals surface area contributed by atoms with Crippen LogP contribution in [0.1, 0.15) is 38.2 Å². The second-order valence-electron chi connectivity index (χ2n) is 4.11. The maximum absolute atomic E-state index is 4.48. The van der Waals surface area contributed by atoms with E-state index < -0.39 is 0 Å². The molecule has 2 rings (SSSR count). The molecule has 1 atom stereocenters. The highest BCUT2D eigenvalue weighted by molar-refractivity contribution is 5.81. The lowest BCUT2D eigenvalue weighted by molar-refractivity contribution is 0.668. The summed E-state index contributed by atoms with van der Waals surface area (Å²) in [5.74, 6) is 0.605. The summed E-state index contributed by atoms with van der Waals surface area (Å²) in [7, 11) is 0. The standard InChI is InChI=1S/C14H17N/c1-3-6-11(2)13-9-4-7-12-8-5-10-15-14(12)13/h4-5,7-11H,3,6H2,1-2H3. The molecule has 2 aromatic rings. The highest BCUT2D eigenvalue weighted by atomic mass is 14.6. The van der Waals surface area contributed by atoms with Gasteiger partial charge in [-0.2, -0.15) is 0 Å². The number of rotatable bonds is 3. The maximum Gasteiger partial charge on any atom is 0.0736 e. The first-order valence-corrected chi connectivity index (χ1v) is 5.66. The summed E-state index contributed by atoms with van der Waals surface area (Å²) in [6, 6.07) is 10.6. The summed E-state index contributed by atoms with van der Waals surface area (Å²) in [6.45, 7) is 4.52. The van der Waals surface area contributed by atoms with Crippen LogP contribution in [0.4, 0.5) is 0 Å². The van der Waals surface area contributed by atoms with Gasteiger partial charge in [-0.15, -0.1) is 0 Å². The summed E-state index contributed by atoms with van der Waals surface area (Å²) in [5.41, 5.74) is 2.55. The topological polar surface area (TPSA) is 12.9 Å². The van der Waals surface area contributed by atoms with Gasteiger partial charge in [0.2, 0.25) is 0 Å². The number of nitrogens with zero attached hydrogens (tertiary/aromatic N) is 1. The molecule has 1 heteroatoms. The number of pyridine rings is 1. The van der Waals surface area contributed by atoms with Crippen LogP contribution in [0.15, 0.2) is 36.5 Å². The highest BCUT2D eigenvalue weighted by Crippen LogP contribution is 2.26. The average Bonchev–Trinajstić information content (AvgIpc) is 2.28. The van der Waals surface area contributed by atoms with Crippen LogP contribution in [0.3, 0.4) is 0 Å². The van der Waals surface area contributed by atoms with Crippen molar-refractivity contribution in [2.24, 2.45) is 0 Å². The zero-order chi connectivity index (χ0) is 10.7. The van der Waals surface area contributed by atoms with E-state index in [0.29, 0.717) is 5.92 Å². The van der Waals surface area contributed by atoms with Crippen LogP contribution in [0.2, 0.25) is 0 Å². The zero-order valence-corrected chi connectivity index (χ0v) is 9.40. The molecule has 0 saturated heterocycles. The molecule has 0 saturated carbocycles. The molecule has 1 heterocycles. The third kappa shape index (κ3) is 2.01. The van der Waals surface area contributed by atoms with Crippen molar-refractivity contribution in [1.82, 2.24) is 4.98 Å². The summed E-state index contributed by atoms with van der Waals surface area (Å²) < 4.78 is 0. The van der Waals surface area contributed by atoms with Gasteiger partial charge in [0.25, 0.3) is 0 Å². The van der Waals surface area contributed by atoms with E-state index in [-0.39, 0.29) is 0 Å². The summed E-state index contributed by atoms with van der Waals surface area (Å²) in [5, 5.41) is 1.25. The van der Waals surface area contributed by atoms with Crippen molar-refractivity contribution in [3.05, 3.63) is 42.1 Å². The fourth-order valence-electron chi connectivity index (χ4n) is 2.11. The minimum Gasteiger partial charge on any atom is -0.256 e. The van der Waals surface area contributed by atoms with E-state index in [9.17, 15) is 0 Å². The number of benzene rings is 1. The second kappa shape index (κ2) is 4.43. The lowest BCUT2D eigenvalue weighted by Gasteiger charge is -2.12. The van der Waals surface area contributed by atoms with Gasteiger partial charge in [0.1, 0.15) is 0 Å². The van der Waals surface area contributed by atoms with Crippen molar-refractivity contribution >= 4 is 10.9 Å². The average molecular weight is 199 g/mol. The molecule has 0 aliphatic heterocycles. The van der Waals surface area contributed by atoms with Gasteiger partial charge in [-0.25, -0.2) is 0 Å². The summed E-state index contributed by atoms with van der Waals surface area (Å²) in [4.78, 5) is 4.48. The molecule has 0 N–H and O–H groups in total. The lowest BCUT2D eigenvalue weighted by atomic mass is 9.94. The Labute approximate surface area is 91.2 Å². The smallest absolute Gasteiger partial charge is 0.0736 e. The number of para-hydroxylation sites is 1. The first-order chi connectivity index (χ1) is 7.33. The lowest BCUT2D eigenvalue weighted by Crippen LogP contribution is -1.95. The minimum absolute atomic E-state index is 0.605. The fourth-order valence-corrected chi connectivity index (χ4v) is 2.11. The van der Waals surface area contributed by atoms with Crippen molar-refractivity contribution in [2.45, 2.75) is 32.6 Å². The fraction of sp³-hybridized carbons (Fsp3) is 0.357. The molecule has 0 aliphatic rings. The van der Waals surface area contributed by atoms with E-state index in [1.807, 2.05) is 12.3 Å². The van der Waals surface area contributed by atoms with E-state index >= 15 is 0 Å². The third-order valence-corrected chi connectivity index (χ3v) is 2.92. The van der Waals surface area contributed by atoms with Gasteiger partial charge in [0.05, 0.1) is 5.52 Å². The van der Waals surface area contributed by atoms with Crippen LogP contribution in [-0.4, -0.2) is 4.98 Å². The highest BCUT2D eigenvalue weighted by Gasteiger charge is 2.08. The number of hydrogen-bond acceptors (Lipinski definition) is 1. The molecule has 0 spiro atoms. The Morgan fingerprint density at radius 1 is 1.20 bits per heavy atom. The van der Waals surface area contributed by atoms with Crippen LogP contribution >= 0.6 is 0 Å². The first kappa shape index (κ1) is 10.2. The van der Waals surface area contributed by atoms with E-state index in [1.54, 1.807) is 0 Å².